The standard InChI is InChI=1S/C15H20O3S/c1-3-4-9-19-11-13-10-12(6-8-15(16)17)5-7-14(13)18-2/h5-8,10H,3-4,9,11H2,1-2H3,(H,16,17). The Balaban J connectivity index is 2.75. The van der Waals surface area contributed by atoms with Crippen molar-refractivity contribution in [3.63, 3.8) is 0 Å². The van der Waals surface area contributed by atoms with E-state index in [4.69, 9.17) is 9.84 Å². The number of unbranched alkanes of at least 4 members (excludes halogenated alkanes) is 1. The molecule has 19 heavy (non-hydrogen) atoms. The summed E-state index contributed by atoms with van der Waals surface area (Å²) in [4.78, 5) is 10.5. The van der Waals surface area contributed by atoms with Crippen molar-refractivity contribution in [2.75, 3.05) is 12.9 Å². The highest BCUT2D eigenvalue weighted by molar-refractivity contribution is 7.98. The van der Waals surface area contributed by atoms with Crippen molar-refractivity contribution in [1.82, 2.24) is 0 Å². The molecule has 0 fully saturated rings. The lowest BCUT2D eigenvalue weighted by atomic mass is 10.1. The van der Waals surface area contributed by atoms with Gasteiger partial charge in [0.15, 0.2) is 0 Å². The van der Waals surface area contributed by atoms with Gasteiger partial charge in [0.25, 0.3) is 0 Å². The molecule has 0 saturated carbocycles. The fourth-order valence-corrected chi connectivity index (χ4v) is 2.69. The lowest BCUT2D eigenvalue weighted by molar-refractivity contribution is -0.131. The molecule has 104 valence electrons. The van der Waals surface area contributed by atoms with Crippen LogP contribution in [0.25, 0.3) is 6.08 Å². The number of carboxylic acids is 1. The maximum absolute atomic E-state index is 10.5. The monoisotopic (exact) mass is 280 g/mol. The van der Waals surface area contributed by atoms with Crippen LogP contribution in [0.1, 0.15) is 30.9 Å². The molecule has 0 aliphatic rings. The number of benzene rings is 1. The van der Waals surface area contributed by atoms with E-state index in [1.165, 1.54) is 12.8 Å². The van der Waals surface area contributed by atoms with Crippen LogP contribution in [0.15, 0.2) is 24.3 Å². The van der Waals surface area contributed by atoms with Crippen molar-refractivity contribution in [3.8, 4) is 5.75 Å². The van der Waals surface area contributed by atoms with Gasteiger partial charge in [-0.3, -0.25) is 0 Å². The van der Waals surface area contributed by atoms with E-state index in [1.807, 2.05) is 30.0 Å². The molecule has 4 heteroatoms. The normalized spacial score (nSPS) is 10.8. The Morgan fingerprint density at radius 3 is 2.89 bits per heavy atom. The van der Waals surface area contributed by atoms with E-state index < -0.39 is 5.97 Å². The second kappa shape index (κ2) is 8.64. The molecule has 0 amide bonds. The van der Waals surface area contributed by atoms with Gasteiger partial charge >= 0.3 is 5.97 Å². The third-order valence-electron chi connectivity index (χ3n) is 2.62. The number of hydrogen-bond acceptors (Lipinski definition) is 3. The quantitative estimate of drug-likeness (QED) is 0.581. The molecule has 0 radical (unpaired) electrons. The molecule has 0 aliphatic carbocycles. The summed E-state index contributed by atoms with van der Waals surface area (Å²) in [6, 6.07) is 5.73. The molecule has 0 unspecified atom stereocenters. The zero-order chi connectivity index (χ0) is 14.1. The molecule has 0 atom stereocenters. The zero-order valence-electron chi connectivity index (χ0n) is 11.4. The Kier molecular flexibility index (Phi) is 7.11. The number of methoxy groups -OCH3 is 1. The number of carboxylic acid groups (broad SMARTS) is 1. The highest BCUT2D eigenvalue weighted by Crippen LogP contribution is 2.25. The molecule has 0 spiro atoms. The van der Waals surface area contributed by atoms with Gasteiger partial charge in [-0.1, -0.05) is 19.4 Å². The molecule has 1 rings (SSSR count). The van der Waals surface area contributed by atoms with E-state index in [0.717, 1.165) is 34.5 Å². The first kappa shape index (κ1) is 15.6. The van der Waals surface area contributed by atoms with Crippen LogP contribution in [0.3, 0.4) is 0 Å². The van der Waals surface area contributed by atoms with Gasteiger partial charge in [-0.05, 0) is 35.9 Å². The Morgan fingerprint density at radius 1 is 1.47 bits per heavy atom. The fraction of sp³-hybridized carbons (Fsp3) is 0.400. The van der Waals surface area contributed by atoms with Crippen molar-refractivity contribution in [3.05, 3.63) is 35.4 Å². The first-order chi connectivity index (χ1) is 9.17. The summed E-state index contributed by atoms with van der Waals surface area (Å²) in [5.41, 5.74) is 1.99. The number of hydrogen-bond donors (Lipinski definition) is 1. The van der Waals surface area contributed by atoms with Crippen LogP contribution < -0.4 is 4.74 Å². The van der Waals surface area contributed by atoms with Gasteiger partial charge in [0.05, 0.1) is 7.11 Å². The lowest BCUT2D eigenvalue weighted by Gasteiger charge is -2.09. The van der Waals surface area contributed by atoms with Crippen molar-refractivity contribution in [2.45, 2.75) is 25.5 Å². The maximum atomic E-state index is 10.5. The van der Waals surface area contributed by atoms with Crippen molar-refractivity contribution >= 4 is 23.8 Å². The zero-order valence-corrected chi connectivity index (χ0v) is 12.2. The molecule has 0 bridgehead atoms. The van der Waals surface area contributed by atoms with Crippen molar-refractivity contribution in [1.29, 1.82) is 0 Å². The Labute approximate surface area is 118 Å². The SMILES string of the molecule is CCCCSCc1cc(C=CC(=O)O)ccc1OC. The molecule has 0 aromatic heterocycles. The second-order valence-electron chi connectivity index (χ2n) is 4.15. The molecule has 1 N–H and O–H groups in total. The number of thioether (sulfide) groups is 1. The van der Waals surface area contributed by atoms with E-state index in [0.29, 0.717) is 0 Å². The van der Waals surface area contributed by atoms with Crippen LogP contribution in [0.4, 0.5) is 0 Å². The Bertz CT molecular complexity index is 441. The third kappa shape index (κ3) is 5.83. The summed E-state index contributed by atoms with van der Waals surface area (Å²) >= 11 is 1.87. The van der Waals surface area contributed by atoms with E-state index >= 15 is 0 Å². The largest absolute Gasteiger partial charge is 0.496 e. The van der Waals surface area contributed by atoms with E-state index in [2.05, 4.69) is 6.92 Å². The molecule has 3 nitrogen and oxygen atoms in total. The number of carbonyl (C=O) groups is 1. The van der Waals surface area contributed by atoms with Gasteiger partial charge in [0.2, 0.25) is 0 Å². The average Bonchev–Trinajstić information content (AvgIpc) is 2.41. The average molecular weight is 280 g/mol. The van der Waals surface area contributed by atoms with Gasteiger partial charge < -0.3 is 9.84 Å². The van der Waals surface area contributed by atoms with Crippen LogP contribution in [0.2, 0.25) is 0 Å². The molecule has 1 aromatic rings. The van der Waals surface area contributed by atoms with Crippen LogP contribution in [0, 0.1) is 0 Å². The molecule has 0 heterocycles. The van der Waals surface area contributed by atoms with Gasteiger partial charge in [-0.25, -0.2) is 4.79 Å². The minimum atomic E-state index is -0.935. The molecular formula is C15H20O3S. The van der Waals surface area contributed by atoms with Gasteiger partial charge in [-0.2, -0.15) is 11.8 Å². The van der Waals surface area contributed by atoms with Crippen molar-refractivity contribution in [2.24, 2.45) is 0 Å². The van der Waals surface area contributed by atoms with Crippen LogP contribution >= 0.6 is 11.8 Å². The van der Waals surface area contributed by atoms with Crippen molar-refractivity contribution < 1.29 is 14.6 Å². The van der Waals surface area contributed by atoms with E-state index in [9.17, 15) is 4.79 Å². The predicted octanol–water partition coefficient (Wildman–Crippen LogP) is 3.83. The second-order valence-corrected chi connectivity index (χ2v) is 5.25. The van der Waals surface area contributed by atoms with Gasteiger partial charge in [0.1, 0.15) is 5.75 Å². The lowest BCUT2D eigenvalue weighted by Crippen LogP contribution is -1.92. The molecule has 0 aliphatic heterocycles. The summed E-state index contributed by atoms with van der Waals surface area (Å²) in [5, 5.41) is 8.63. The molecule has 1 aromatic carbocycles. The highest BCUT2D eigenvalue weighted by Gasteiger charge is 2.04. The van der Waals surface area contributed by atoms with Gasteiger partial charge in [0, 0.05) is 17.4 Å². The number of ether oxygens (including phenoxy) is 1. The minimum Gasteiger partial charge on any atom is -0.496 e. The van der Waals surface area contributed by atoms with E-state index in [-0.39, 0.29) is 0 Å². The Morgan fingerprint density at radius 2 is 2.26 bits per heavy atom. The summed E-state index contributed by atoms with van der Waals surface area (Å²) in [6.07, 6.45) is 5.16. The highest BCUT2D eigenvalue weighted by atomic mass is 32.2. The first-order valence-corrected chi connectivity index (χ1v) is 7.48. The predicted molar refractivity (Wildman–Crippen MR) is 80.7 cm³/mol. The third-order valence-corrected chi connectivity index (χ3v) is 3.72. The summed E-state index contributed by atoms with van der Waals surface area (Å²) < 4.78 is 5.33. The summed E-state index contributed by atoms with van der Waals surface area (Å²) in [5.74, 6) is 1.94. The summed E-state index contributed by atoms with van der Waals surface area (Å²) in [7, 11) is 1.66. The maximum Gasteiger partial charge on any atom is 0.328 e. The smallest absolute Gasteiger partial charge is 0.328 e. The molecule has 0 saturated heterocycles. The summed E-state index contributed by atoms with van der Waals surface area (Å²) in [6.45, 7) is 2.18. The number of rotatable bonds is 8. The Hall–Kier alpha value is -1.42. The van der Waals surface area contributed by atoms with Crippen LogP contribution in [-0.2, 0) is 10.5 Å². The number of aliphatic carboxylic acids is 1. The fourth-order valence-electron chi connectivity index (χ4n) is 1.61. The minimum absolute atomic E-state index is 0.858. The van der Waals surface area contributed by atoms with Crippen LogP contribution in [0.5, 0.6) is 5.75 Å². The van der Waals surface area contributed by atoms with Crippen LogP contribution in [-0.4, -0.2) is 23.9 Å². The topological polar surface area (TPSA) is 46.5 Å². The molecular weight excluding hydrogens is 260 g/mol. The first-order valence-electron chi connectivity index (χ1n) is 6.33. The van der Waals surface area contributed by atoms with E-state index in [1.54, 1.807) is 13.2 Å². The van der Waals surface area contributed by atoms with Gasteiger partial charge in [-0.15, -0.1) is 0 Å².